The highest BCUT2D eigenvalue weighted by Crippen LogP contribution is 2.29. The van der Waals surface area contributed by atoms with E-state index in [1.54, 1.807) is 4.90 Å². The highest BCUT2D eigenvalue weighted by Gasteiger charge is 2.28. The van der Waals surface area contributed by atoms with Gasteiger partial charge in [-0.05, 0) is 39.8 Å². The fourth-order valence-electron chi connectivity index (χ4n) is 2.75. The van der Waals surface area contributed by atoms with E-state index < -0.39 is 29.2 Å². The van der Waals surface area contributed by atoms with Crippen LogP contribution in [0, 0.1) is 11.6 Å². The van der Waals surface area contributed by atoms with Crippen molar-refractivity contribution in [1.82, 2.24) is 9.88 Å². The molecule has 0 fully saturated rings. The van der Waals surface area contributed by atoms with Crippen LogP contribution in [0.1, 0.15) is 38.3 Å². The van der Waals surface area contributed by atoms with E-state index in [-0.39, 0.29) is 11.8 Å². The Hall–Kier alpha value is -2.75. The summed E-state index contributed by atoms with van der Waals surface area (Å²) in [5.74, 6) is -2.48. The van der Waals surface area contributed by atoms with Crippen molar-refractivity contribution in [2.45, 2.75) is 52.4 Å². The Balaban J connectivity index is 1.60. The second-order valence-electron chi connectivity index (χ2n) is 7.87. The number of ether oxygens (including phenoxy) is 2. The number of rotatable bonds is 4. The Morgan fingerprint density at radius 2 is 2.00 bits per heavy atom. The highest BCUT2D eigenvalue weighted by atomic mass is 32.1. The first kappa shape index (κ1) is 21.9. The van der Waals surface area contributed by atoms with Crippen LogP contribution in [-0.4, -0.2) is 40.1 Å². The summed E-state index contributed by atoms with van der Waals surface area (Å²) in [5.41, 5.74) is 0.248. The Bertz CT molecular complexity index is 958. The van der Waals surface area contributed by atoms with Crippen LogP contribution >= 0.6 is 11.3 Å². The average Bonchev–Trinajstić information content (AvgIpc) is 3.04. The van der Waals surface area contributed by atoms with Gasteiger partial charge in [0.15, 0.2) is 22.9 Å². The maximum absolute atomic E-state index is 13.3. The molecule has 162 valence electrons. The lowest BCUT2D eigenvalue weighted by Crippen LogP contribution is -2.39. The van der Waals surface area contributed by atoms with Gasteiger partial charge in [0.1, 0.15) is 11.4 Å². The molecule has 0 bridgehead atoms. The monoisotopic (exact) mass is 439 g/mol. The molecular formula is C20H23F2N3O4S. The minimum Gasteiger partial charge on any atom is -0.481 e. The van der Waals surface area contributed by atoms with Crippen LogP contribution in [0.3, 0.4) is 0 Å². The van der Waals surface area contributed by atoms with Crippen LogP contribution in [0.15, 0.2) is 18.2 Å². The Kier molecular flexibility index (Phi) is 6.25. The molecule has 0 radical (unpaired) electrons. The number of nitrogens with one attached hydrogen (secondary N) is 1. The summed E-state index contributed by atoms with van der Waals surface area (Å²) < 4.78 is 37.1. The molecule has 1 aromatic heterocycles. The number of carbonyl (C=O) groups is 2. The number of carbonyl (C=O) groups excluding carboxylic acids is 2. The number of benzene rings is 1. The molecule has 10 heteroatoms. The molecule has 1 unspecified atom stereocenters. The van der Waals surface area contributed by atoms with E-state index in [2.05, 4.69) is 10.3 Å². The van der Waals surface area contributed by atoms with E-state index in [1.165, 1.54) is 24.3 Å². The van der Waals surface area contributed by atoms with Crippen LogP contribution in [0.2, 0.25) is 0 Å². The number of thiazole rings is 1. The Morgan fingerprint density at radius 3 is 2.67 bits per heavy atom. The highest BCUT2D eigenvalue weighted by molar-refractivity contribution is 7.15. The molecule has 1 aliphatic rings. The lowest BCUT2D eigenvalue weighted by Gasteiger charge is -2.29. The van der Waals surface area contributed by atoms with Gasteiger partial charge in [-0.2, -0.15) is 0 Å². The van der Waals surface area contributed by atoms with Gasteiger partial charge in [-0.15, -0.1) is 0 Å². The summed E-state index contributed by atoms with van der Waals surface area (Å²) >= 11 is 1.27. The van der Waals surface area contributed by atoms with Crippen LogP contribution in [0.5, 0.6) is 5.75 Å². The molecule has 0 aliphatic carbocycles. The van der Waals surface area contributed by atoms with Crippen molar-refractivity contribution in [3.8, 4) is 5.75 Å². The third kappa shape index (κ3) is 5.44. The van der Waals surface area contributed by atoms with Crippen molar-refractivity contribution in [3.63, 3.8) is 0 Å². The molecule has 7 nitrogen and oxygen atoms in total. The minimum atomic E-state index is -1.05. The predicted octanol–water partition coefficient (Wildman–Crippen LogP) is 4.12. The zero-order valence-electron chi connectivity index (χ0n) is 17.1. The lowest BCUT2D eigenvalue weighted by atomic mass is 10.2. The van der Waals surface area contributed by atoms with E-state index in [0.29, 0.717) is 24.6 Å². The van der Waals surface area contributed by atoms with Gasteiger partial charge in [0.2, 0.25) is 0 Å². The van der Waals surface area contributed by atoms with Gasteiger partial charge in [0.25, 0.3) is 5.91 Å². The largest absolute Gasteiger partial charge is 0.481 e. The topological polar surface area (TPSA) is 80.8 Å². The minimum absolute atomic E-state index is 0.0444. The quantitative estimate of drug-likeness (QED) is 0.775. The second kappa shape index (κ2) is 8.55. The third-order valence-electron chi connectivity index (χ3n) is 4.19. The van der Waals surface area contributed by atoms with Crippen LogP contribution < -0.4 is 10.1 Å². The van der Waals surface area contributed by atoms with Gasteiger partial charge in [-0.1, -0.05) is 11.3 Å². The summed E-state index contributed by atoms with van der Waals surface area (Å²) in [7, 11) is 0. The number of hydrogen-bond acceptors (Lipinski definition) is 6. The molecule has 0 saturated heterocycles. The Labute approximate surface area is 177 Å². The number of aromatic nitrogens is 1. The van der Waals surface area contributed by atoms with E-state index >= 15 is 0 Å². The lowest BCUT2D eigenvalue weighted by molar-refractivity contribution is -0.122. The van der Waals surface area contributed by atoms with Crippen LogP contribution in [0.4, 0.5) is 18.7 Å². The van der Waals surface area contributed by atoms with Crippen LogP contribution in [0.25, 0.3) is 0 Å². The van der Waals surface area contributed by atoms with Gasteiger partial charge < -0.3 is 14.4 Å². The summed E-state index contributed by atoms with van der Waals surface area (Å²) in [5, 5.41) is 3.05. The second-order valence-corrected chi connectivity index (χ2v) is 8.95. The smallest absolute Gasteiger partial charge is 0.410 e. The molecule has 2 amide bonds. The zero-order valence-corrected chi connectivity index (χ0v) is 17.9. The van der Waals surface area contributed by atoms with Gasteiger partial charge in [-0.25, -0.2) is 18.6 Å². The number of halogens is 2. The first-order valence-corrected chi connectivity index (χ1v) is 10.2. The normalized spacial score (nSPS) is 14.7. The van der Waals surface area contributed by atoms with Crippen LogP contribution in [-0.2, 0) is 22.5 Å². The number of nitrogens with zero attached hydrogens (tertiary/aromatic N) is 2. The Morgan fingerprint density at radius 1 is 1.27 bits per heavy atom. The summed E-state index contributed by atoms with van der Waals surface area (Å²) in [6.07, 6.45) is -0.781. The van der Waals surface area contributed by atoms with Crippen molar-refractivity contribution in [2.75, 3.05) is 11.9 Å². The maximum atomic E-state index is 13.3. The van der Waals surface area contributed by atoms with Gasteiger partial charge in [-0.3, -0.25) is 10.1 Å². The third-order valence-corrected chi connectivity index (χ3v) is 5.18. The predicted molar refractivity (Wildman–Crippen MR) is 108 cm³/mol. The van der Waals surface area contributed by atoms with Crippen molar-refractivity contribution in [2.24, 2.45) is 0 Å². The molecule has 1 aliphatic heterocycles. The molecule has 2 heterocycles. The first-order chi connectivity index (χ1) is 14.0. The number of anilines is 1. The number of fused-ring (bicyclic) bond motifs is 1. The standard InChI is InChI=1S/C20H23F2N3O4S/c1-11(28-12-5-6-13(21)14(22)9-12)17(26)24-18-23-15-7-8-25(10-16(15)30-18)19(27)29-20(2,3)4/h5-6,9,11H,7-8,10H2,1-4H3,(H,23,24,26). The number of amides is 2. The molecule has 30 heavy (non-hydrogen) atoms. The van der Waals surface area contributed by atoms with Crippen molar-refractivity contribution >= 4 is 28.5 Å². The fourth-order valence-corrected chi connectivity index (χ4v) is 3.77. The molecule has 1 N–H and O–H groups in total. The number of hydrogen-bond donors (Lipinski definition) is 1. The average molecular weight is 439 g/mol. The first-order valence-electron chi connectivity index (χ1n) is 9.41. The molecule has 2 aromatic rings. The van der Waals surface area contributed by atoms with E-state index in [9.17, 15) is 18.4 Å². The zero-order chi connectivity index (χ0) is 22.1. The molecule has 0 saturated carbocycles. The van der Waals surface area contributed by atoms with Gasteiger partial charge in [0, 0.05) is 23.9 Å². The van der Waals surface area contributed by atoms with E-state index in [1.807, 2.05) is 20.8 Å². The molecular weight excluding hydrogens is 416 g/mol. The van der Waals surface area contributed by atoms with Crippen molar-refractivity contribution in [1.29, 1.82) is 0 Å². The molecule has 1 atom stereocenters. The molecule has 3 rings (SSSR count). The molecule has 0 spiro atoms. The summed E-state index contributed by atoms with van der Waals surface area (Å²) in [6, 6.07) is 3.06. The fraction of sp³-hybridized carbons (Fsp3) is 0.450. The summed E-state index contributed by atoms with van der Waals surface area (Å²) in [6.45, 7) is 7.76. The van der Waals surface area contributed by atoms with E-state index in [0.717, 1.165) is 22.7 Å². The van der Waals surface area contributed by atoms with Gasteiger partial charge >= 0.3 is 6.09 Å². The SMILES string of the molecule is CC(Oc1ccc(F)c(F)c1)C(=O)Nc1nc2c(s1)CN(C(=O)OC(C)(C)C)CC2. The van der Waals surface area contributed by atoms with Gasteiger partial charge in [0.05, 0.1) is 12.2 Å². The van der Waals surface area contributed by atoms with E-state index in [4.69, 9.17) is 9.47 Å². The van der Waals surface area contributed by atoms with Crippen molar-refractivity contribution in [3.05, 3.63) is 40.4 Å². The molecule has 1 aromatic carbocycles. The maximum Gasteiger partial charge on any atom is 0.410 e. The van der Waals surface area contributed by atoms with Crippen molar-refractivity contribution < 1.29 is 27.8 Å². The summed E-state index contributed by atoms with van der Waals surface area (Å²) in [4.78, 5) is 31.5.